The van der Waals surface area contributed by atoms with Crippen molar-refractivity contribution in [1.82, 2.24) is 9.97 Å². The molecule has 0 spiro atoms. The molecule has 0 bridgehead atoms. The van der Waals surface area contributed by atoms with E-state index in [-0.39, 0.29) is 0 Å². The number of anilines is 1. The Morgan fingerprint density at radius 3 is 2.86 bits per heavy atom. The summed E-state index contributed by atoms with van der Waals surface area (Å²) in [7, 11) is 1.58. The van der Waals surface area contributed by atoms with E-state index in [4.69, 9.17) is 10.5 Å². The summed E-state index contributed by atoms with van der Waals surface area (Å²) in [5.41, 5.74) is 8.75. The monoisotopic (exact) mass is 189 g/mol. The number of nitrogen functional groups attached to an aromatic ring is 1. The van der Waals surface area contributed by atoms with E-state index in [1.807, 2.05) is 13.0 Å². The van der Waals surface area contributed by atoms with Crippen molar-refractivity contribution in [3.8, 4) is 5.75 Å². The zero-order valence-electron chi connectivity index (χ0n) is 8.11. The number of benzene rings is 1. The minimum Gasteiger partial charge on any atom is -0.495 e. The number of fused-ring (bicyclic) bond motifs is 1. The lowest BCUT2D eigenvalue weighted by Crippen LogP contribution is -1.96. The highest BCUT2D eigenvalue weighted by molar-refractivity contribution is 5.89. The molecule has 0 unspecified atom stereocenters. The highest BCUT2D eigenvalue weighted by Crippen LogP contribution is 2.27. The third-order valence-corrected chi connectivity index (χ3v) is 2.05. The van der Waals surface area contributed by atoms with E-state index in [0.717, 1.165) is 11.2 Å². The van der Waals surface area contributed by atoms with E-state index in [1.165, 1.54) is 0 Å². The molecule has 0 saturated carbocycles. The van der Waals surface area contributed by atoms with Gasteiger partial charge in [-0.2, -0.15) is 0 Å². The molecule has 4 nitrogen and oxygen atoms in total. The molecule has 2 rings (SSSR count). The van der Waals surface area contributed by atoms with Gasteiger partial charge in [-0.25, -0.2) is 4.98 Å². The van der Waals surface area contributed by atoms with Gasteiger partial charge in [0.1, 0.15) is 17.0 Å². The van der Waals surface area contributed by atoms with Gasteiger partial charge in [0.25, 0.3) is 0 Å². The molecule has 0 radical (unpaired) electrons. The summed E-state index contributed by atoms with van der Waals surface area (Å²) < 4.78 is 5.09. The lowest BCUT2D eigenvalue weighted by Gasteiger charge is -2.06. The van der Waals surface area contributed by atoms with Crippen molar-refractivity contribution in [2.24, 2.45) is 0 Å². The molecule has 0 aliphatic heterocycles. The van der Waals surface area contributed by atoms with E-state index in [0.29, 0.717) is 17.0 Å². The Morgan fingerprint density at radius 2 is 2.14 bits per heavy atom. The van der Waals surface area contributed by atoms with Crippen LogP contribution in [-0.4, -0.2) is 17.1 Å². The molecule has 72 valence electrons. The maximum atomic E-state index is 5.85. The first kappa shape index (κ1) is 8.74. The van der Waals surface area contributed by atoms with Crippen molar-refractivity contribution in [1.29, 1.82) is 0 Å². The van der Waals surface area contributed by atoms with Crippen LogP contribution in [-0.2, 0) is 0 Å². The zero-order chi connectivity index (χ0) is 10.1. The van der Waals surface area contributed by atoms with E-state index in [1.54, 1.807) is 19.4 Å². The number of ether oxygens (including phenoxy) is 1. The Bertz CT molecular complexity index is 482. The normalized spacial score (nSPS) is 10.4. The van der Waals surface area contributed by atoms with E-state index in [2.05, 4.69) is 9.97 Å². The molecule has 0 fully saturated rings. The minimum atomic E-state index is 0.539. The van der Waals surface area contributed by atoms with Crippen LogP contribution in [0.25, 0.3) is 11.0 Å². The average molecular weight is 189 g/mol. The maximum Gasteiger partial charge on any atom is 0.144 e. The van der Waals surface area contributed by atoms with Crippen molar-refractivity contribution in [3.63, 3.8) is 0 Å². The Balaban J connectivity index is 2.77. The second-order valence-electron chi connectivity index (χ2n) is 3.06. The predicted octanol–water partition coefficient (Wildman–Crippen LogP) is 1.53. The predicted molar refractivity (Wildman–Crippen MR) is 55.2 cm³/mol. The van der Waals surface area contributed by atoms with Gasteiger partial charge in [-0.05, 0) is 19.1 Å². The SMILES string of the molecule is COc1ccc2nc(C)cnc2c1N. The summed E-state index contributed by atoms with van der Waals surface area (Å²) in [6, 6.07) is 3.65. The summed E-state index contributed by atoms with van der Waals surface area (Å²) in [5.74, 6) is 0.635. The number of methoxy groups -OCH3 is 1. The lowest BCUT2D eigenvalue weighted by atomic mass is 10.2. The third kappa shape index (κ3) is 1.25. The van der Waals surface area contributed by atoms with Crippen LogP contribution in [0.2, 0.25) is 0 Å². The fraction of sp³-hybridized carbons (Fsp3) is 0.200. The molecule has 2 aromatic rings. The molecule has 0 aliphatic rings. The molecule has 0 saturated heterocycles. The van der Waals surface area contributed by atoms with Crippen LogP contribution in [0.5, 0.6) is 5.75 Å². The van der Waals surface area contributed by atoms with Crippen molar-refractivity contribution in [2.75, 3.05) is 12.8 Å². The minimum absolute atomic E-state index is 0.539. The standard InChI is InChI=1S/C10H11N3O/c1-6-5-12-10-7(13-6)3-4-8(14-2)9(10)11/h3-5H,11H2,1-2H3. The highest BCUT2D eigenvalue weighted by Gasteiger charge is 2.06. The summed E-state index contributed by atoms with van der Waals surface area (Å²) >= 11 is 0. The summed E-state index contributed by atoms with van der Waals surface area (Å²) in [4.78, 5) is 8.54. The van der Waals surface area contributed by atoms with Gasteiger partial charge in [-0.15, -0.1) is 0 Å². The smallest absolute Gasteiger partial charge is 0.144 e. The third-order valence-electron chi connectivity index (χ3n) is 2.05. The van der Waals surface area contributed by atoms with Gasteiger partial charge in [0.05, 0.1) is 18.3 Å². The number of aryl methyl sites for hydroxylation is 1. The molecule has 0 aliphatic carbocycles. The quantitative estimate of drug-likeness (QED) is 0.691. The van der Waals surface area contributed by atoms with Crippen LogP contribution in [0.4, 0.5) is 5.69 Å². The molecule has 0 amide bonds. The second kappa shape index (κ2) is 3.14. The fourth-order valence-electron chi connectivity index (χ4n) is 1.36. The van der Waals surface area contributed by atoms with Crippen molar-refractivity contribution in [2.45, 2.75) is 6.92 Å². The van der Waals surface area contributed by atoms with Crippen LogP contribution >= 0.6 is 0 Å². The first-order valence-electron chi connectivity index (χ1n) is 4.28. The van der Waals surface area contributed by atoms with Crippen LogP contribution in [0.15, 0.2) is 18.3 Å². The van der Waals surface area contributed by atoms with E-state index >= 15 is 0 Å². The first-order chi connectivity index (χ1) is 6.72. The number of nitrogens with zero attached hydrogens (tertiary/aromatic N) is 2. The second-order valence-corrected chi connectivity index (χ2v) is 3.06. The number of nitrogens with two attached hydrogens (primary N) is 1. The summed E-state index contributed by atoms with van der Waals surface area (Å²) in [6.07, 6.45) is 1.69. The molecule has 14 heavy (non-hydrogen) atoms. The number of hydrogen-bond acceptors (Lipinski definition) is 4. The molecular weight excluding hydrogens is 178 g/mol. The molecular formula is C10H11N3O. The van der Waals surface area contributed by atoms with Crippen LogP contribution < -0.4 is 10.5 Å². The van der Waals surface area contributed by atoms with Crippen LogP contribution in [0.3, 0.4) is 0 Å². The highest BCUT2D eigenvalue weighted by atomic mass is 16.5. The van der Waals surface area contributed by atoms with Crippen LogP contribution in [0.1, 0.15) is 5.69 Å². The summed E-state index contributed by atoms with van der Waals surface area (Å²) in [5, 5.41) is 0. The van der Waals surface area contributed by atoms with Gasteiger partial charge in [0.15, 0.2) is 0 Å². The van der Waals surface area contributed by atoms with Gasteiger partial charge in [-0.3, -0.25) is 4.98 Å². The molecule has 2 N–H and O–H groups in total. The Kier molecular flexibility index (Phi) is 1.96. The van der Waals surface area contributed by atoms with Gasteiger partial charge in [0.2, 0.25) is 0 Å². The van der Waals surface area contributed by atoms with Gasteiger partial charge in [-0.1, -0.05) is 0 Å². The number of rotatable bonds is 1. The molecule has 4 heteroatoms. The Morgan fingerprint density at radius 1 is 1.36 bits per heavy atom. The topological polar surface area (TPSA) is 61.0 Å². The van der Waals surface area contributed by atoms with E-state index < -0.39 is 0 Å². The lowest BCUT2D eigenvalue weighted by molar-refractivity contribution is 0.417. The van der Waals surface area contributed by atoms with Gasteiger partial charge < -0.3 is 10.5 Å². The van der Waals surface area contributed by atoms with Gasteiger partial charge in [0, 0.05) is 6.20 Å². The molecule has 1 aromatic heterocycles. The summed E-state index contributed by atoms with van der Waals surface area (Å²) in [6.45, 7) is 1.90. The van der Waals surface area contributed by atoms with Gasteiger partial charge >= 0.3 is 0 Å². The average Bonchev–Trinajstić information content (AvgIpc) is 2.18. The first-order valence-corrected chi connectivity index (χ1v) is 4.28. The van der Waals surface area contributed by atoms with Crippen molar-refractivity contribution in [3.05, 3.63) is 24.0 Å². The van der Waals surface area contributed by atoms with Crippen LogP contribution in [0, 0.1) is 6.92 Å². The Hall–Kier alpha value is -1.84. The zero-order valence-corrected chi connectivity index (χ0v) is 8.11. The number of aromatic nitrogens is 2. The molecule has 1 heterocycles. The molecule has 0 atom stereocenters. The van der Waals surface area contributed by atoms with Crippen molar-refractivity contribution >= 4 is 16.7 Å². The largest absolute Gasteiger partial charge is 0.495 e. The Labute approximate surface area is 81.7 Å². The van der Waals surface area contributed by atoms with E-state index in [9.17, 15) is 0 Å². The molecule has 1 aromatic carbocycles. The maximum absolute atomic E-state index is 5.85. The number of hydrogen-bond donors (Lipinski definition) is 1. The van der Waals surface area contributed by atoms with Crippen molar-refractivity contribution < 1.29 is 4.74 Å². The fourth-order valence-corrected chi connectivity index (χ4v) is 1.36.